The highest BCUT2D eigenvalue weighted by Crippen LogP contribution is 2.35. The van der Waals surface area contributed by atoms with E-state index in [2.05, 4.69) is 11.4 Å². The van der Waals surface area contributed by atoms with E-state index in [1.165, 1.54) is 18.1 Å². The first-order valence-corrected chi connectivity index (χ1v) is 9.02. The molecule has 152 valence electrons. The standard InChI is InChI=1S/C22H25N3O4/c1-6-29-21-14-16(8-10-20(21)28-5)17(11-12-23)15-7-9-19(27-4)18(13-15)24-22(26)25(2)3/h7-11,13-14H,6H2,1-5H3,(H,24,26)/b17-11+. The number of allylic oxidation sites excluding steroid dienone is 1. The smallest absolute Gasteiger partial charge is 0.321 e. The minimum atomic E-state index is -0.283. The zero-order chi connectivity index (χ0) is 21.4. The van der Waals surface area contributed by atoms with Crippen LogP contribution in [0.1, 0.15) is 18.1 Å². The third-order valence-corrected chi connectivity index (χ3v) is 4.14. The quantitative estimate of drug-likeness (QED) is 0.712. The van der Waals surface area contributed by atoms with E-state index in [0.717, 1.165) is 11.1 Å². The van der Waals surface area contributed by atoms with Crippen molar-refractivity contribution in [2.75, 3.05) is 40.2 Å². The second-order valence-corrected chi connectivity index (χ2v) is 6.23. The highest BCUT2D eigenvalue weighted by atomic mass is 16.5. The predicted molar refractivity (Wildman–Crippen MR) is 113 cm³/mol. The number of methoxy groups -OCH3 is 2. The maximum Gasteiger partial charge on any atom is 0.321 e. The Kier molecular flexibility index (Phi) is 7.49. The van der Waals surface area contributed by atoms with Crippen molar-refractivity contribution in [2.45, 2.75) is 6.92 Å². The first-order valence-electron chi connectivity index (χ1n) is 9.02. The Morgan fingerprint density at radius 1 is 1.07 bits per heavy atom. The van der Waals surface area contributed by atoms with Gasteiger partial charge in [-0.2, -0.15) is 5.26 Å². The summed E-state index contributed by atoms with van der Waals surface area (Å²) in [5.41, 5.74) is 2.71. The molecular formula is C22H25N3O4. The molecule has 7 heteroatoms. The Morgan fingerprint density at radius 2 is 1.69 bits per heavy atom. The van der Waals surface area contributed by atoms with Crippen LogP contribution in [0.25, 0.3) is 5.57 Å². The van der Waals surface area contributed by atoms with Crippen LogP contribution in [0.5, 0.6) is 17.2 Å². The molecule has 0 heterocycles. The zero-order valence-corrected chi connectivity index (χ0v) is 17.3. The lowest BCUT2D eigenvalue weighted by Gasteiger charge is -2.17. The lowest BCUT2D eigenvalue weighted by molar-refractivity contribution is 0.230. The largest absolute Gasteiger partial charge is 0.495 e. The van der Waals surface area contributed by atoms with Crippen LogP contribution in [0.15, 0.2) is 42.5 Å². The van der Waals surface area contributed by atoms with Gasteiger partial charge < -0.3 is 24.4 Å². The van der Waals surface area contributed by atoms with Crippen LogP contribution >= 0.6 is 0 Å². The number of nitrogens with one attached hydrogen (secondary N) is 1. The minimum absolute atomic E-state index is 0.283. The summed E-state index contributed by atoms with van der Waals surface area (Å²) in [6, 6.07) is 12.6. The molecule has 2 rings (SSSR count). The second kappa shape index (κ2) is 10.0. The summed E-state index contributed by atoms with van der Waals surface area (Å²) >= 11 is 0. The lowest BCUT2D eigenvalue weighted by atomic mass is 9.96. The number of carbonyl (C=O) groups excluding carboxylic acids is 1. The number of anilines is 1. The zero-order valence-electron chi connectivity index (χ0n) is 17.3. The summed E-state index contributed by atoms with van der Waals surface area (Å²) < 4.78 is 16.3. The first kappa shape index (κ1) is 21.6. The van der Waals surface area contributed by atoms with Gasteiger partial charge in [0.15, 0.2) is 11.5 Å². The minimum Gasteiger partial charge on any atom is -0.495 e. The molecule has 0 saturated heterocycles. The summed E-state index contributed by atoms with van der Waals surface area (Å²) in [4.78, 5) is 13.5. The molecule has 0 atom stereocenters. The van der Waals surface area contributed by atoms with E-state index in [-0.39, 0.29) is 6.03 Å². The highest BCUT2D eigenvalue weighted by molar-refractivity contribution is 5.92. The Morgan fingerprint density at radius 3 is 2.24 bits per heavy atom. The van der Waals surface area contributed by atoms with Crippen molar-refractivity contribution in [3.8, 4) is 23.3 Å². The summed E-state index contributed by atoms with van der Waals surface area (Å²) in [5, 5.41) is 12.1. The number of hydrogen-bond donors (Lipinski definition) is 1. The second-order valence-electron chi connectivity index (χ2n) is 6.23. The molecule has 0 spiro atoms. The van der Waals surface area contributed by atoms with Gasteiger partial charge in [-0.1, -0.05) is 12.1 Å². The summed E-state index contributed by atoms with van der Waals surface area (Å²) in [7, 11) is 6.41. The van der Waals surface area contributed by atoms with Gasteiger partial charge in [0.05, 0.1) is 32.6 Å². The van der Waals surface area contributed by atoms with E-state index in [0.29, 0.717) is 35.1 Å². The normalized spacial score (nSPS) is 10.7. The number of rotatable bonds is 7. The van der Waals surface area contributed by atoms with E-state index in [4.69, 9.17) is 14.2 Å². The molecule has 1 N–H and O–H groups in total. The van der Waals surface area contributed by atoms with Gasteiger partial charge in [-0.3, -0.25) is 0 Å². The van der Waals surface area contributed by atoms with E-state index in [1.54, 1.807) is 39.4 Å². The maximum absolute atomic E-state index is 12.1. The number of urea groups is 1. The number of amides is 2. The van der Waals surface area contributed by atoms with E-state index < -0.39 is 0 Å². The molecule has 7 nitrogen and oxygen atoms in total. The molecule has 0 aromatic heterocycles. The number of benzene rings is 2. The summed E-state index contributed by atoms with van der Waals surface area (Å²) in [5.74, 6) is 1.72. The number of ether oxygens (including phenoxy) is 3. The van der Waals surface area contributed by atoms with Crippen molar-refractivity contribution >= 4 is 17.3 Å². The van der Waals surface area contributed by atoms with Crippen molar-refractivity contribution in [2.24, 2.45) is 0 Å². The van der Waals surface area contributed by atoms with Gasteiger partial charge in [-0.15, -0.1) is 0 Å². The Labute approximate surface area is 171 Å². The van der Waals surface area contributed by atoms with E-state index in [1.807, 2.05) is 25.1 Å². The first-order chi connectivity index (χ1) is 13.9. The summed E-state index contributed by atoms with van der Waals surface area (Å²) in [6.07, 6.45) is 1.46. The number of nitrogens with zero attached hydrogens (tertiary/aromatic N) is 2. The average Bonchev–Trinajstić information content (AvgIpc) is 2.72. The highest BCUT2D eigenvalue weighted by Gasteiger charge is 2.15. The Balaban J connectivity index is 2.54. The van der Waals surface area contributed by atoms with Crippen molar-refractivity contribution in [1.82, 2.24) is 4.90 Å². The maximum atomic E-state index is 12.1. The topological polar surface area (TPSA) is 83.8 Å². The molecule has 0 aliphatic heterocycles. The van der Waals surface area contributed by atoms with Gasteiger partial charge in [-0.05, 0) is 47.9 Å². The Bertz CT molecular complexity index is 946. The molecule has 0 fully saturated rings. The average molecular weight is 395 g/mol. The molecule has 2 aromatic carbocycles. The fraction of sp³-hybridized carbons (Fsp3) is 0.273. The van der Waals surface area contributed by atoms with Crippen molar-refractivity contribution in [3.05, 3.63) is 53.6 Å². The lowest BCUT2D eigenvalue weighted by Crippen LogP contribution is -2.27. The van der Waals surface area contributed by atoms with Gasteiger partial charge in [0.2, 0.25) is 0 Å². The van der Waals surface area contributed by atoms with Crippen LogP contribution in [-0.2, 0) is 0 Å². The number of nitriles is 1. The van der Waals surface area contributed by atoms with Crippen LogP contribution in [-0.4, -0.2) is 45.9 Å². The molecular weight excluding hydrogens is 370 g/mol. The molecule has 2 amide bonds. The summed E-state index contributed by atoms with van der Waals surface area (Å²) in [6.45, 7) is 2.38. The van der Waals surface area contributed by atoms with E-state index in [9.17, 15) is 10.1 Å². The molecule has 29 heavy (non-hydrogen) atoms. The van der Waals surface area contributed by atoms with Gasteiger partial charge in [-0.25, -0.2) is 4.79 Å². The van der Waals surface area contributed by atoms with Crippen molar-refractivity contribution in [3.63, 3.8) is 0 Å². The van der Waals surface area contributed by atoms with Crippen LogP contribution in [0, 0.1) is 11.3 Å². The molecule has 2 aromatic rings. The van der Waals surface area contributed by atoms with Gasteiger partial charge >= 0.3 is 6.03 Å². The Hall–Kier alpha value is -3.66. The van der Waals surface area contributed by atoms with Gasteiger partial charge in [0.1, 0.15) is 5.75 Å². The van der Waals surface area contributed by atoms with Crippen molar-refractivity contribution in [1.29, 1.82) is 5.26 Å². The van der Waals surface area contributed by atoms with Crippen LogP contribution in [0.3, 0.4) is 0 Å². The fourth-order valence-electron chi connectivity index (χ4n) is 2.71. The molecule has 0 aliphatic rings. The van der Waals surface area contributed by atoms with Gasteiger partial charge in [0, 0.05) is 20.2 Å². The van der Waals surface area contributed by atoms with Crippen molar-refractivity contribution < 1.29 is 19.0 Å². The SMILES string of the molecule is CCOc1cc(/C(=C/C#N)c2ccc(OC)c(NC(=O)N(C)C)c2)ccc1OC. The van der Waals surface area contributed by atoms with E-state index >= 15 is 0 Å². The number of carbonyl (C=O) groups is 1. The van der Waals surface area contributed by atoms with Crippen LogP contribution in [0.2, 0.25) is 0 Å². The molecule has 0 aliphatic carbocycles. The van der Waals surface area contributed by atoms with Gasteiger partial charge in [0.25, 0.3) is 0 Å². The third kappa shape index (κ3) is 5.20. The predicted octanol–water partition coefficient (Wildman–Crippen LogP) is 4.15. The monoisotopic (exact) mass is 395 g/mol. The molecule has 0 bridgehead atoms. The molecule has 0 radical (unpaired) electrons. The van der Waals surface area contributed by atoms with Crippen LogP contribution in [0.4, 0.5) is 10.5 Å². The van der Waals surface area contributed by atoms with Crippen LogP contribution < -0.4 is 19.5 Å². The molecule has 0 saturated carbocycles. The third-order valence-electron chi connectivity index (χ3n) is 4.14. The number of hydrogen-bond acceptors (Lipinski definition) is 5. The molecule has 0 unspecified atom stereocenters. The fourth-order valence-corrected chi connectivity index (χ4v) is 2.71.